The molecule has 8 heteroatoms. The monoisotopic (exact) mass is 429 g/mol. The Balaban J connectivity index is 1.51. The van der Waals surface area contributed by atoms with Crippen molar-refractivity contribution in [3.63, 3.8) is 0 Å². The Morgan fingerprint density at radius 3 is 2.53 bits per heavy atom. The van der Waals surface area contributed by atoms with E-state index in [2.05, 4.69) is 31.5 Å². The van der Waals surface area contributed by atoms with Crippen LogP contribution < -0.4 is 10.6 Å². The molecule has 3 rings (SSSR count). The van der Waals surface area contributed by atoms with Crippen LogP contribution in [0.5, 0.6) is 5.75 Å². The van der Waals surface area contributed by atoms with Crippen molar-refractivity contribution < 1.29 is 9.90 Å². The van der Waals surface area contributed by atoms with Gasteiger partial charge in [-0.1, -0.05) is 23.7 Å². The van der Waals surface area contributed by atoms with Crippen molar-refractivity contribution in [3.8, 4) is 5.75 Å². The molecule has 1 aliphatic rings. The Morgan fingerprint density at radius 2 is 1.87 bits per heavy atom. The first kappa shape index (κ1) is 21.9. The highest BCUT2D eigenvalue weighted by atomic mass is 35.5. The molecule has 2 aromatic rings. The molecule has 0 aromatic heterocycles. The Morgan fingerprint density at radius 1 is 1.13 bits per heavy atom. The summed E-state index contributed by atoms with van der Waals surface area (Å²) in [6.07, 6.45) is 0. The summed E-state index contributed by atoms with van der Waals surface area (Å²) in [7, 11) is 0. The molecule has 1 heterocycles. The lowest BCUT2D eigenvalue weighted by Gasteiger charge is -2.36. The Kier molecular flexibility index (Phi) is 7.93. The van der Waals surface area contributed by atoms with E-state index in [0.717, 1.165) is 50.3 Å². The molecule has 30 heavy (non-hydrogen) atoms. The van der Waals surface area contributed by atoms with Gasteiger partial charge in [0.05, 0.1) is 0 Å². The van der Waals surface area contributed by atoms with Crippen molar-refractivity contribution in [1.29, 1.82) is 0 Å². The summed E-state index contributed by atoms with van der Waals surface area (Å²) in [5, 5.41) is 16.2. The molecule has 0 radical (unpaired) electrons. The van der Waals surface area contributed by atoms with E-state index in [9.17, 15) is 9.90 Å². The molecular weight excluding hydrogens is 402 g/mol. The number of aliphatic imine (C=N–C) groups is 1. The summed E-state index contributed by atoms with van der Waals surface area (Å²) in [4.78, 5) is 21.3. The summed E-state index contributed by atoms with van der Waals surface area (Å²) in [6, 6.07) is 14.3. The lowest BCUT2D eigenvalue weighted by Crippen LogP contribution is -2.52. The quantitative estimate of drug-likeness (QED) is 0.374. The minimum Gasteiger partial charge on any atom is -0.508 e. The minimum atomic E-state index is -0.198. The molecule has 3 N–H and O–H groups in total. The van der Waals surface area contributed by atoms with Crippen molar-refractivity contribution in [3.05, 3.63) is 59.1 Å². The molecule has 0 saturated carbocycles. The number of halogens is 1. The first-order chi connectivity index (χ1) is 14.5. The second kappa shape index (κ2) is 10.8. The van der Waals surface area contributed by atoms with Crippen molar-refractivity contribution in [2.24, 2.45) is 4.99 Å². The van der Waals surface area contributed by atoms with Gasteiger partial charge in [-0.25, -0.2) is 4.99 Å². The van der Waals surface area contributed by atoms with Crippen LogP contribution in [0.15, 0.2) is 53.5 Å². The van der Waals surface area contributed by atoms with E-state index in [4.69, 9.17) is 11.6 Å². The molecule has 7 nitrogen and oxygen atoms in total. The number of piperazine rings is 1. The van der Waals surface area contributed by atoms with Gasteiger partial charge in [0.1, 0.15) is 12.3 Å². The van der Waals surface area contributed by atoms with Gasteiger partial charge >= 0.3 is 0 Å². The van der Waals surface area contributed by atoms with Gasteiger partial charge in [0.2, 0.25) is 5.91 Å². The smallest absolute Gasteiger partial charge is 0.246 e. The second-order valence-corrected chi connectivity index (χ2v) is 7.59. The first-order valence-electron chi connectivity index (χ1n) is 10.1. The molecule has 0 aliphatic carbocycles. The number of phenols is 1. The summed E-state index contributed by atoms with van der Waals surface area (Å²) >= 11 is 6.09. The van der Waals surface area contributed by atoms with E-state index in [1.807, 2.05) is 25.1 Å². The molecular formula is C22H28ClN5O2. The predicted molar refractivity (Wildman–Crippen MR) is 121 cm³/mol. The standard InChI is InChI=1S/C22H28ClN5O2/c1-2-24-22(25-15-21(30)26-19-6-8-20(29)9-7-19)28-12-10-27(11-13-28)16-17-4-3-5-18(23)14-17/h3-9,14,29H,2,10-13,15-16H2,1H3,(H,24,25)(H,26,30). The fourth-order valence-electron chi connectivity index (χ4n) is 3.33. The number of rotatable bonds is 6. The van der Waals surface area contributed by atoms with Crippen LogP contribution in [0.25, 0.3) is 0 Å². The molecule has 0 bridgehead atoms. The Hall–Kier alpha value is -2.77. The van der Waals surface area contributed by atoms with Gasteiger partial charge in [-0.05, 0) is 48.9 Å². The molecule has 1 fully saturated rings. The maximum absolute atomic E-state index is 12.2. The molecule has 0 atom stereocenters. The van der Waals surface area contributed by atoms with Gasteiger partial charge in [0.25, 0.3) is 0 Å². The second-order valence-electron chi connectivity index (χ2n) is 7.16. The van der Waals surface area contributed by atoms with Crippen molar-refractivity contribution in [2.75, 3.05) is 44.6 Å². The third kappa shape index (κ3) is 6.64. The number of carbonyl (C=O) groups excluding carboxylic acids is 1. The van der Waals surface area contributed by atoms with Crippen LogP contribution in [-0.2, 0) is 11.3 Å². The van der Waals surface area contributed by atoms with E-state index in [1.54, 1.807) is 12.1 Å². The Labute approximate surface area is 182 Å². The molecule has 1 aliphatic heterocycles. The van der Waals surface area contributed by atoms with Gasteiger partial charge in [-0.15, -0.1) is 0 Å². The van der Waals surface area contributed by atoms with Crippen LogP contribution in [0.2, 0.25) is 5.02 Å². The highest BCUT2D eigenvalue weighted by Gasteiger charge is 2.20. The van der Waals surface area contributed by atoms with Crippen LogP contribution in [0, 0.1) is 0 Å². The van der Waals surface area contributed by atoms with E-state index in [1.165, 1.54) is 17.7 Å². The zero-order valence-electron chi connectivity index (χ0n) is 17.1. The average Bonchev–Trinajstić information content (AvgIpc) is 2.73. The summed E-state index contributed by atoms with van der Waals surface area (Å²) in [6.45, 7) is 7.16. The van der Waals surface area contributed by atoms with E-state index >= 15 is 0 Å². The summed E-state index contributed by atoms with van der Waals surface area (Å²) in [5.74, 6) is 0.714. The largest absolute Gasteiger partial charge is 0.508 e. The zero-order valence-corrected chi connectivity index (χ0v) is 17.9. The topological polar surface area (TPSA) is 80.2 Å². The van der Waals surface area contributed by atoms with E-state index in [-0.39, 0.29) is 18.2 Å². The number of guanidine groups is 1. The predicted octanol–water partition coefficient (Wildman–Crippen LogP) is 2.77. The SMILES string of the molecule is CCNC(=NCC(=O)Nc1ccc(O)cc1)N1CCN(Cc2cccc(Cl)c2)CC1. The highest BCUT2D eigenvalue weighted by molar-refractivity contribution is 6.30. The molecule has 1 saturated heterocycles. The number of amides is 1. The van der Waals surface area contributed by atoms with E-state index in [0.29, 0.717) is 5.69 Å². The molecule has 0 spiro atoms. The highest BCUT2D eigenvalue weighted by Crippen LogP contribution is 2.15. The van der Waals surface area contributed by atoms with Gasteiger partial charge in [-0.2, -0.15) is 0 Å². The number of aromatic hydroxyl groups is 1. The van der Waals surface area contributed by atoms with Crippen LogP contribution in [-0.4, -0.2) is 66.0 Å². The van der Waals surface area contributed by atoms with Crippen molar-refractivity contribution in [2.45, 2.75) is 13.5 Å². The molecule has 160 valence electrons. The number of carbonyl (C=O) groups is 1. The number of phenolic OH excluding ortho intramolecular Hbond substituents is 1. The summed E-state index contributed by atoms with van der Waals surface area (Å²) in [5.41, 5.74) is 1.84. The third-order valence-electron chi connectivity index (χ3n) is 4.83. The molecule has 2 aromatic carbocycles. The van der Waals surface area contributed by atoms with Crippen LogP contribution in [0.3, 0.4) is 0 Å². The van der Waals surface area contributed by atoms with Gasteiger partial charge in [-0.3, -0.25) is 9.69 Å². The van der Waals surface area contributed by atoms with Gasteiger partial charge in [0.15, 0.2) is 5.96 Å². The maximum Gasteiger partial charge on any atom is 0.246 e. The van der Waals surface area contributed by atoms with Crippen LogP contribution >= 0.6 is 11.6 Å². The fraction of sp³-hybridized carbons (Fsp3) is 0.364. The third-order valence-corrected chi connectivity index (χ3v) is 5.06. The fourth-order valence-corrected chi connectivity index (χ4v) is 3.54. The Bertz CT molecular complexity index is 864. The number of hydrogen-bond donors (Lipinski definition) is 3. The number of nitrogens with one attached hydrogen (secondary N) is 2. The normalized spacial score (nSPS) is 15.1. The number of anilines is 1. The van der Waals surface area contributed by atoms with Crippen molar-refractivity contribution >= 4 is 29.2 Å². The number of hydrogen-bond acceptors (Lipinski definition) is 4. The van der Waals surface area contributed by atoms with Crippen molar-refractivity contribution in [1.82, 2.24) is 15.1 Å². The minimum absolute atomic E-state index is 0.0337. The lowest BCUT2D eigenvalue weighted by molar-refractivity contribution is -0.114. The average molecular weight is 430 g/mol. The maximum atomic E-state index is 12.2. The summed E-state index contributed by atoms with van der Waals surface area (Å²) < 4.78 is 0. The van der Waals surface area contributed by atoms with Gasteiger partial charge in [0, 0.05) is 50.0 Å². The zero-order chi connectivity index (χ0) is 21.3. The van der Waals surface area contributed by atoms with Gasteiger partial charge < -0.3 is 20.6 Å². The van der Waals surface area contributed by atoms with E-state index < -0.39 is 0 Å². The van der Waals surface area contributed by atoms with Crippen LogP contribution in [0.1, 0.15) is 12.5 Å². The number of benzene rings is 2. The number of nitrogens with zero attached hydrogens (tertiary/aromatic N) is 3. The first-order valence-corrected chi connectivity index (χ1v) is 10.5. The molecule has 1 amide bonds. The molecule has 0 unspecified atom stereocenters. The lowest BCUT2D eigenvalue weighted by atomic mass is 10.2. The van der Waals surface area contributed by atoms with Crippen LogP contribution in [0.4, 0.5) is 5.69 Å².